The third kappa shape index (κ3) is 3.31. The lowest BCUT2D eigenvalue weighted by atomic mass is 10.0. The molecule has 0 saturated carbocycles. The van der Waals surface area contributed by atoms with Crippen molar-refractivity contribution in [2.45, 2.75) is 25.6 Å². The van der Waals surface area contributed by atoms with Gasteiger partial charge in [0.15, 0.2) is 0 Å². The van der Waals surface area contributed by atoms with Crippen LogP contribution >= 0.6 is 23.2 Å². The molecule has 5 heteroatoms. The highest BCUT2D eigenvalue weighted by Gasteiger charge is 2.18. The first-order valence-corrected chi connectivity index (χ1v) is 5.51. The Balaban J connectivity index is 2.81. The van der Waals surface area contributed by atoms with Gasteiger partial charge in [-0.15, -0.1) is 11.6 Å². The smallest absolute Gasteiger partial charge is 0.131 e. The van der Waals surface area contributed by atoms with E-state index in [1.807, 2.05) is 0 Å². The molecule has 0 bridgehead atoms. The fourth-order valence-corrected chi connectivity index (χ4v) is 1.56. The molecule has 1 rings (SSSR count). The number of hydrogen-bond donors (Lipinski definition) is 2. The number of nitrogens with zero attached hydrogens (tertiary/aromatic N) is 1. The zero-order valence-electron chi connectivity index (χ0n) is 8.32. The molecule has 0 aliphatic rings. The van der Waals surface area contributed by atoms with E-state index in [0.717, 1.165) is 5.56 Å². The minimum Gasteiger partial charge on any atom is -0.390 e. The van der Waals surface area contributed by atoms with Crippen LogP contribution in [0.2, 0.25) is 5.15 Å². The summed E-state index contributed by atoms with van der Waals surface area (Å²) in [4.78, 5) is 3.90. The van der Waals surface area contributed by atoms with Crippen LogP contribution in [0, 0.1) is 6.92 Å². The summed E-state index contributed by atoms with van der Waals surface area (Å²) in [6.07, 6.45) is -0.0425. The number of hydrogen-bond acceptors (Lipinski definition) is 3. The summed E-state index contributed by atoms with van der Waals surface area (Å²) < 4.78 is 0. The van der Waals surface area contributed by atoms with E-state index in [-0.39, 0.29) is 0 Å². The first-order chi connectivity index (χ1) is 7.06. The van der Waals surface area contributed by atoms with Gasteiger partial charge in [-0.25, -0.2) is 4.98 Å². The maximum absolute atomic E-state index is 9.74. The molecule has 2 atom stereocenters. The van der Waals surface area contributed by atoms with Gasteiger partial charge < -0.3 is 10.2 Å². The molecule has 0 radical (unpaired) electrons. The average molecular weight is 250 g/mol. The monoisotopic (exact) mass is 249 g/mol. The van der Waals surface area contributed by atoms with Crippen LogP contribution in [-0.2, 0) is 0 Å². The van der Waals surface area contributed by atoms with Crippen molar-refractivity contribution < 1.29 is 10.2 Å². The summed E-state index contributed by atoms with van der Waals surface area (Å²) in [6.45, 7) is 1.79. The molecule has 2 unspecified atom stereocenters. The molecule has 0 aliphatic carbocycles. The summed E-state index contributed by atoms with van der Waals surface area (Å²) in [6, 6.07) is 1.71. The Hall–Kier alpha value is -0.350. The summed E-state index contributed by atoms with van der Waals surface area (Å²) in [5.74, 6) is 0.304. The molecular weight excluding hydrogens is 237 g/mol. The second kappa shape index (κ2) is 5.66. The number of aliphatic hydroxyl groups is 2. The molecular formula is C10H13Cl2NO2. The predicted molar refractivity (Wildman–Crippen MR) is 60.3 cm³/mol. The van der Waals surface area contributed by atoms with E-state index < -0.39 is 12.2 Å². The van der Waals surface area contributed by atoms with E-state index in [0.29, 0.717) is 23.0 Å². The lowest BCUT2D eigenvalue weighted by molar-refractivity contribution is 0.0168. The molecule has 84 valence electrons. The lowest BCUT2D eigenvalue weighted by Gasteiger charge is -2.17. The molecule has 1 aromatic rings. The molecule has 15 heavy (non-hydrogen) atoms. The van der Waals surface area contributed by atoms with Crippen molar-refractivity contribution in [1.29, 1.82) is 0 Å². The predicted octanol–water partition coefficient (Wildman–Crippen LogP) is 2.07. The van der Waals surface area contributed by atoms with Crippen LogP contribution < -0.4 is 0 Å². The standard InChI is InChI=1S/C10H13Cl2NO2/c1-6-4-7(5-13-10(6)12)9(15)8(14)2-3-11/h4-5,8-9,14-15H,2-3H2,1H3. The third-order valence-corrected chi connectivity index (χ3v) is 2.76. The molecule has 0 fully saturated rings. The topological polar surface area (TPSA) is 53.4 Å². The van der Waals surface area contributed by atoms with Gasteiger partial charge in [0.1, 0.15) is 11.3 Å². The van der Waals surface area contributed by atoms with Gasteiger partial charge in [0.25, 0.3) is 0 Å². The largest absolute Gasteiger partial charge is 0.390 e. The Morgan fingerprint density at radius 2 is 2.13 bits per heavy atom. The number of aryl methyl sites for hydroxylation is 1. The molecule has 0 spiro atoms. The Bertz CT molecular complexity index is 333. The van der Waals surface area contributed by atoms with Gasteiger partial charge in [0.2, 0.25) is 0 Å². The van der Waals surface area contributed by atoms with Crippen LogP contribution in [0.4, 0.5) is 0 Å². The Morgan fingerprint density at radius 3 is 2.67 bits per heavy atom. The molecule has 1 aromatic heterocycles. The normalized spacial score (nSPS) is 15.0. The van der Waals surface area contributed by atoms with Gasteiger partial charge in [0.05, 0.1) is 6.10 Å². The Morgan fingerprint density at radius 1 is 1.47 bits per heavy atom. The average Bonchev–Trinajstić information content (AvgIpc) is 2.21. The van der Waals surface area contributed by atoms with Gasteiger partial charge in [-0.2, -0.15) is 0 Å². The van der Waals surface area contributed by atoms with Crippen molar-refractivity contribution in [3.63, 3.8) is 0 Å². The first-order valence-electron chi connectivity index (χ1n) is 4.60. The fourth-order valence-electron chi connectivity index (χ4n) is 1.23. The van der Waals surface area contributed by atoms with Gasteiger partial charge in [0, 0.05) is 17.6 Å². The number of pyridine rings is 1. The summed E-state index contributed by atoms with van der Waals surface area (Å²) >= 11 is 11.2. The zero-order valence-corrected chi connectivity index (χ0v) is 9.83. The van der Waals surface area contributed by atoms with E-state index in [4.69, 9.17) is 23.2 Å². The highest BCUT2D eigenvalue weighted by atomic mass is 35.5. The second-order valence-electron chi connectivity index (χ2n) is 3.37. The highest BCUT2D eigenvalue weighted by Crippen LogP contribution is 2.22. The van der Waals surface area contributed by atoms with Crippen LogP contribution in [0.25, 0.3) is 0 Å². The number of aromatic nitrogens is 1. The SMILES string of the molecule is Cc1cc(C(O)C(O)CCCl)cnc1Cl. The molecule has 1 heterocycles. The van der Waals surface area contributed by atoms with Crippen LogP contribution in [0.3, 0.4) is 0 Å². The zero-order chi connectivity index (χ0) is 11.4. The third-order valence-electron chi connectivity index (χ3n) is 2.15. The highest BCUT2D eigenvalue weighted by molar-refractivity contribution is 6.30. The van der Waals surface area contributed by atoms with Crippen molar-refractivity contribution in [3.05, 3.63) is 28.5 Å². The fraction of sp³-hybridized carbons (Fsp3) is 0.500. The van der Waals surface area contributed by atoms with Crippen molar-refractivity contribution in [2.75, 3.05) is 5.88 Å². The maximum Gasteiger partial charge on any atom is 0.131 e. The summed E-state index contributed by atoms with van der Waals surface area (Å²) in [5, 5.41) is 19.7. The summed E-state index contributed by atoms with van der Waals surface area (Å²) in [7, 11) is 0. The van der Waals surface area contributed by atoms with E-state index in [2.05, 4.69) is 4.98 Å². The number of rotatable bonds is 4. The molecule has 0 aromatic carbocycles. The Kier molecular flexibility index (Phi) is 4.80. The van der Waals surface area contributed by atoms with E-state index in [1.54, 1.807) is 13.0 Å². The van der Waals surface area contributed by atoms with Crippen LogP contribution in [0.5, 0.6) is 0 Å². The van der Waals surface area contributed by atoms with Crippen molar-refractivity contribution in [3.8, 4) is 0 Å². The minimum absolute atomic E-state index is 0.304. The van der Waals surface area contributed by atoms with Crippen LogP contribution in [0.15, 0.2) is 12.3 Å². The van der Waals surface area contributed by atoms with Gasteiger partial charge >= 0.3 is 0 Å². The van der Waals surface area contributed by atoms with Gasteiger partial charge in [-0.1, -0.05) is 11.6 Å². The van der Waals surface area contributed by atoms with Gasteiger partial charge in [-0.3, -0.25) is 0 Å². The molecule has 0 aliphatic heterocycles. The second-order valence-corrected chi connectivity index (χ2v) is 4.10. The molecule has 0 amide bonds. The van der Waals surface area contributed by atoms with Crippen molar-refractivity contribution in [2.24, 2.45) is 0 Å². The van der Waals surface area contributed by atoms with E-state index >= 15 is 0 Å². The molecule has 3 nitrogen and oxygen atoms in total. The number of alkyl halides is 1. The summed E-state index contributed by atoms with van der Waals surface area (Å²) in [5.41, 5.74) is 1.32. The van der Waals surface area contributed by atoms with E-state index in [9.17, 15) is 10.2 Å². The number of aliphatic hydroxyl groups excluding tert-OH is 2. The maximum atomic E-state index is 9.74. The van der Waals surface area contributed by atoms with Gasteiger partial charge in [-0.05, 0) is 25.0 Å². The van der Waals surface area contributed by atoms with Crippen molar-refractivity contribution in [1.82, 2.24) is 4.98 Å². The van der Waals surface area contributed by atoms with Crippen molar-refractivity contribution >= 4 is 23.2 Å². The molecule has 2 N–H and O–H groups in total. The van der Waals surface area contributed by atoms with E-state index in [1.165, 1.54) is 6.20 Å². The Labute approximate surface area is 98.7 Å². The van der Waals surface area contributed by atoms with Crippen LogP contribution in [-0.4, -0.2) is 27.2 Å². The number of halogens is 2. The lowest BCUT2D eigenvalue weighted by Crippen LogP contribution is -2.19. The first kappa shape index (κ1) is 12.7. The minimum atomic E-state index is -0.966. The van der Waals surface area contributed by atoms with Crippen LogP contribution in [0.1, 0.15) is 23.7 Å². The molecule has 0 saturated heterocycles. The quantitative estimate of drug-likeness (QED) is 0.635.